The van der Waals surface area contributed by atoms with Crippen LogP contribution in [0, 0.1) is 17.3 Å². The molecule has 0 bridgehead atoms. The average Bonchev–Trinajstić information content (AvgIpc) is 2.37. The first kappa shape index (κ1) is 9.38. The standard InChI is InChI=1S/C10H17O3P/c1-6(11)4-13-14(12)5-7-9-8(14)3-10(7,9)2/h6-9,11H,3-5H2,1-2H3/t6?,7?,8-,9+,10-,14?/m0/s1. The van der Waals surface area contributed by atoms with E-state index in [1.165, 1.54) is 0 Å². The smallest absolute Gasteiger partial charge is 0.206 e. The van der Waals surface area contributed by atoms with Crippen LogP contribution >= 0.6 is 7.37 Å². The zero-order chi connectivity index (χ0) is 10.1. The summed E-state index contributed by atoms with van der Waals surface area (Å²) in [7, 11) is -2.36. The van der Waals surface area contributed by atoms with Gasteiger partial charge >= 0.3 is 0 Å². The van der Waals surface area contributed by atoms with Gasteiger partial charge < -0.3 is 9.63 Å². The maximum atomic E-state index is 12.3. The fourth-order valence-electron chi connectivity index (χ4n) is 3.61. The number of hydrogen-bond acceptors (Lipinski definition) is 3. The molecule has 3 fully saturated rings. The Morgan fingerprint density at radius 1 is 1.71 bits per heavy atom. The molecule has 1 aliphatic heterocycles. The van der Waals surface area contributed by atoms with E-state index < -0.39 is 13.5 Å². The predicted molar refractivity (Wildman–Crippen MR) is 53.6 cm³/mol. The second-order valence-corrected chi connectivity index (χ2v) is 8.20. The fourth-order valence-corrected chi connectivity index (χ4v) is 7.55. The van der Waals surface area contributed by atoms with Gasteiger partial charge in [-0.05, 0) is 30.6 Å². The van der Waals surface area contributed by atoms with Crippen molar-refractivity contribution in [3.8, 4) is 0 Å². The lowest BCUT2D eigenvalue weighted by Crippen LogP contribution is -2.32. The molecule has 0 radical (unpaired) electrons. The van der Waals surface area contributed by atoms with Gasteiger partial charge in [0, 0.05) is 11.8 Å². The summed E-state index contributed by atoms with van der Waals surface area (Å²) in [5.74, 6) is 1.37. The molecule has 1 saturated heterocycles. The molecule has 6 atom stereocenters. The van der Waals surface area contributed by atoms with Crippen LogP contribution in [0.4, 0.5) is 0 Å². The molecule has 0 spiro atoms. The summed E-state index contributed by atoms with van der Waals surface area (Å²) in [4.78, 5) is 0. The van der Waals surface area contributed by atoms with Crippen molar-refractivity contribution in [2.75, 3.05) is 12.8 Å². The Balaban J connectivity index is 1.68. The fraction of sp³-hybridized carbons (Fsp3) is 1.00. The third-order valence-corrected chi connectivity index (χ3v) is 7.49. The summed E-state index contributed by atoms with van der Waals surface area (Å²) in [6, 6.07) is 0. The second kappa shape index (κ2) is 2.45. The van der Waals surface area contributed by atoms with Gasteiger partial charge in [-0.15, -0.1) is 0 Å². The Bertz CT molecular complexity index is 321. The number of fused-ring (bicyclic) bond motifs is 1. The minimum atomic E-state index is -2.36. The Morgan fingerprint density at radius 3 is 2.86 bits per heavy atom. The Kier molecular flexibility index (Phi) is 1.64. The lowest BCUT2D eigenvalue weighted by Gasteiger charge is -2.38. The van der Waals surface area contributed by atoms with Crippen LogP contribution in [0.5, 0.6) is 0 Å². The Hall–Kier alpha value is 0.150. The van der Waals surface area contributed by atoms with E-state index >= 15 is 0 Å². The first-order chi connectivity index (χ1) is 6.47. The largest absolute Gasteiger partial charge is 0.391 e. The number of aliphatic hydroxyl groups is 1. The van der Waals surface area contributed by atoms with E-state index in [2.05, 4.69) is 6.92 Å². The molecule has 80 valence electrons. The molecule has 14 heavy (non-hydrogen) atoms. The van der Waals surface area contributed by atoms with Crippen LogP contribution in [0.25, 0.3) is 0 Å². The topological polar surface area (TPSA) is 46.5 Å². The zero-order valence-corrected chi connectivity index (χ0v) is 9.54. The van der Waals surface area contributed by atoms with Crippen LogP contribution in [-0.2, 0) is 9.09 Å². The molecule has 3 rings (SSSR count). The number of hydrogen-bond donors (Lipinski definition) is 1. The molecule has 3 nitrogen and oxygen atoms in total. The van der Waals surface area contributed by atoms with Gasteiger partial charge in [0.15, 0.2) is 0 Å². The third kappa shape index (κ3) is 0.937. The molecule has 0 aromatic heterocycles. The van der Waals surface area contributed by atoms with Crippen molar-refractivity contribution in [1.29, 1.82) is 0 Å². The summed E-state index contributed by atoms with van der Waals surface area (Å²) < 4.78 is 17.8. The first-order valence-corrected chi connectivity index (χ1v) is 7.27. The Labute approximate surface area is 84.3 Å². The van der Waals surface area contributed by atoms with Gasteiger partial charge in [0.25, 0.3) is 0 Å². The normalized spacial score (nSPS) is 60.4. The van der Waals surface area contributed by atoms with E-state index in [4.69, 9.17) is 9.63 Å². The van der Waals surface area contributed by atoms with Crippen molar-refractivity contribution < 1.29 is 14.2 Å². The molecular weight excluding hydrogens is 199 g/mol. The van der Waals surface area contributed by atoms with Crippen LogP contribution in [0.15, 0.2) is 0 Å². The van der Waals surface area contributed by atoms with Crippen LogP contribution in [0.2, 0.25) is 0 Å². The van der Waals surface area contributed by atoms with Gasteiger partial charge in [-0.1, -0.05) is 6.92 Å². The predicted octanol–water partition coefficient (Wildman–Crippen LogP) is 1.70. The summed E-state index contributed by atoms with van der Waals surface area (Å²) in [6.45, 7) is 4.22. The van der Waals surface area contributed by atoms with Crippen LogP contribution < -0.4 is 0 Å². The maximum Gasteiger partial charge on any atom is 0.206 e. The van der Waals surface area contributed by atoms with Gasteiger partial charge in [-0.25, -0.2) is 0 Å². The number of rotatable bonds is 3. The van der Waals surface area contributed by atoms with E-state index in [0.29, 0.717) is 22.9 Å². The summed E-state index contributed by atoms with van der Waals surface area (Å²) in [5.41, 5.74) is 0.878. The number of aliphatic hydroxyl groups excluding tert-OH is 1. The van der Waals surface area contributed by atoms with Crippen LogP contribution in [0.3, 0.4) is 0 Å². The molecule has 0 amide bonds. The van der Waals surface area contributed by atoms with Gasteiger partial charge in [0.05, 0.1) is 12.7 Å². The minimum absolute atomic E-state index is 0.240. The summed E-state index contributed by atoms with van der Waals surface area (Å²) in [5, 5.41) is 9.11. The molecule has 3 unspecified atom stereocenters. The molecule has 1 N–H and O–H groups in total. The van der Waals surface area contributed by atoms with E-state index in [9.17, 15) is 4.57 Å². The molecule has 4 heteroatoms. The minimum Gasteiger partial charge on any atom is -0.391 e. The summed E-state index contributed by atoms with van der Waals surface area (Å²) in [6.07, 6.45) is 1.38. The van der Waals surface area contributed by atoms with E-state index in [-0.39, 0.29) is 6.61 Å². The van der Waals surface area contributed by atoms with Gasteiger partial charge in [-0.3, -0.25) is 4.57 Å². The highest BCUT2D eigenvalue weighted by atomic mass is 31.2. The van der Waals surface area contributed by atoms with Crippen molar-refractivity contribution in [3.05, 3.63) is 0 Å². The molecular formula is C10H17O3P. The quantitative estimate of drug-likeness (QED) is 0.730. The lowest BCUT2D eigenvalue weighted by molar-refractivity contribution is 0.119. The van der Waals surface area contributed by atoms with E-state index in [1.54, 1.807) is 6.92 Å². The highest BCUT2D eigenvalue weighted by Gasteiger charge is 2.81. The van der Waals surface area contributed by atoms with E-state index in [1.807, 2.05) is 0 Å². The van der Waals surface area contributed by atoms with Crippen molar-refractivity contribution in [2.45, 2.75) is 32.0 Å². The second-order valence-electron chi connectivity index (χ2n) is 5.46. The lowest BCUT2D eigenvalue weighted by atomic mass is 9.86. The van der Waals surface area contributed by atoms with Crippen molar-refractivity contribution in [2.24, 2.45) is 17.3 Å². The highest BCUT2D eigenvalue weighted by Crippen LogP contribution is 2.89. The highest BCUT2D eigenvalue weighted by molar-refractivity contribution is 7.60. The SMILES string of the molecule is CC(O)COP1(=O)CC2[C@@H]3[C@@H]1C[C@@]23C. The first-order valence-electron chi connectivity index (χ1n) is 5.39. The van der Waals surface area contributed by atoms with Crippen LogP contribution in [-0.4, -0.2) is 29.6 Å². The molecule has 0 aromatic rings. The molecule has 1 heterocycles. The van der Waals surface area contributed by atoms with Crippen LogP contribution in [0.1, 0.15) is 20.3 Å². The molecule has 2 aliphatic carbocycles. The van der Waals surface area contributed by atoms with Crippen molar-refractivity contribution >= 4 is 7.37 Å². The third-order valence-electron chi connectivity index (χ3n) is 4.49. The van der Waals surface area contributed by atoms with Crippen molar-refractivity contribution in [3.63, 3.8) is 0 Å². The average molecular weight is 216 g/mol. The zero-order valence-electron chi connectivity index (χ0n) is 8.64. The van der Waals surface area contributed by atoms with Gasteiger partial charge in [0.2, 0.25) is 7.37 Å². The maximum absolute atomic E-state index is 12.3. The van der Waals surface area contributed by atoms with Gasteiger partial charge in [-0.2, -0.15) is 0 Å². The summed E-state index contributed by atoms with van der Waals surface area (Å²) >= 11 is 0. The van der Waals surface area contributed by atoms with E-state index in [0.717, 1.165) is 12.6 Å². The monoisotopic (exact) mass is 216 g/mol. The molecule has 2 saturated carbocycles. The van der Waals surface area contributed by atoms with Gasteiger partial charge in [0.1, 0.15) is 0 Å². The molecule has 0 aromatic carbocycles. The molecule has 3 aliphatic rings. The Morgan fingerprint density at radius 2 is 2.43 bits per heavy atom. The van der Waals surface area contributed by atoms with Crippen molar-refractivity contribution in [1.82, 2.24) is 0 Å².